The Kier molecular flexibility index (Phi) is 4.64. The molecule has 1 aliphatic heterocycles. The van der Waals surface area contributed by atoms with Gasteiger partial charge in [0, 0.05) is 24.9 Å². The number of benzene rings is 1. The third-order valence-corrected chi connectivity index (χ3v) is 4.03. The van der Waals surface area contributed by atoms with Crippen molar-refractivity contribution in [2.24, 2.45) is 0 Å². The van der Waals surface area contributed by atoms with Crippen LogP contribution in [0.1, 0.15) is 25.5 Å². The molecule has 0 radical (unpaired) electrons. The van der Waals surface area contributed by atoms with Gasteiger partial charge in [-0.25, -0.2) is 4.98 Å². The Balaban J connectivity index is 1.53. The molecule has 5 nitrogen and oxygen atoms in total. The molecule has 1 saturated heterocycles. The van der Waals surface area contributed by atoms with Crippen LogP contribution in [0.3, 0.4) is 0 Å². The van der Waals surface area contributed by atoms with E-state index in [0.29, 0.717) is 5.75 Å². The number of rotatable bonds is 5. The van der Waals surface area contributed by atoms with Crippen LogP contribution in [0, 0.1) is 5.95 Å². The first-order valence-electron chi connectivity index (χ1n) is 7.91. The normalized spacial score (nSPS) is 15.5. The molecular weight excluding hydrogens is 309 g/mol. The number of pyridine rings is 1. The standard InChI is InChI=1S/C18H20FN3O2/c1-12(21-13(2)23)14-3-5-15(6-4-14)22-10-17(11-22)24-16-7-8-20-18(19)9-16/h3-9,12,17H,10-11H2,1-2H3,(H,21,23). The first-order valence-corrected chi connectivity index (χ1v) is 7.91. The van der Waals surface area contributed by atoms with Crippen molar-refractivity contribution in [1.29, 1.82) is 0 Å². The highest BCUT2D eigenvalue weighted by molar-refractivity contribution is 5.73. The zero-order chi connectivity index (χ0) is 17.1. The van der Waals surface area contributed by atoms with E-state index in [9.17, 15) is 9.18 Å². The Morgan fingerprint density at radius 3 is 2.67 bits per heavy atom. The highest BCUT2D eigenvalue weighted by Crippen LogP contribution is 2.25. The van der Waals surface area contributed by atoms with Gasteiger partial charge in [-0.1, -0.05) is 12.1 Å². The number of halogens is 1. The number of nitrogens with zero attached hydrogens (tertiary/aromatic N) is 2. The number of hydrogen-bond acceptors (Lipinski definition) is 4. The molecule has 6 heteroatoms. The van der Waals surface area contributed by atoms with Crippen molar-refractivity contribution in [2.75, 3.05) is 18.0 Å². The van der Waals surface area contributed by atoms with Crippen molar-refractivity contribution in [3.05, 3.63) is 54.1 Å². The number of anilines is 1. The predicted molar refractivity (Wildman–Crippen MR) is 89.5 cm³/mol. The molecule has 1 unspecified atom stereocenters. The Morgan fingerprint density at radius 1 is 1.33 bits per heavy atom. The summed E-state index contributed by atoms with van der Waals surface area (Å²) in [6.45, 7) is 4.98. The fraction of sp³-hybridized carbons (Fsp3) is 0.333. The minimum Gasteiger partial charge on any atom is -0.487 e. The molecule has 0 spiro atoms. The quantitative estimate of drug-likeness (QED) is 0.857. The fourth-order valence-electron chi connectivity index (χ4n) is 2.74. The van der Waals surface area contributed by atoms with Crippen LogP contribution in [0.25, 0.3) is 0 Å². The average molecular weight is 329 g/mol. The summed E-state index contributed by atoms with van der Waals surface area (Å²) in [5.74, 6) is -0.0685. The monoisotopic (exact) mass is 329 g/mol. The van der Waals surface area contributed by atoms with Crippen molar-refractivity contribution >= 4 is 11.6 Å². The lowest BCUT2D eigenvalue weighted by Crippen LogP contribution is -2.54. The van der Waals surface area contributed by atoms with Gasteiger partial charge in [0.05, 0.1) is 19.1 Å². The summed E-state index contributed by atoms with van der Waals surface area (Å²) in [7, 11) is 0. The number of ether oxygens (including phenoxy) is 1. The summed E-state index contributed by atoms with van der Waals surface area (Å²) >= 11 is 0. The molecule has 1 aliphatic rings. The molecule has 1 aromatic carbocycles. The molecule has 1 fully saturated rings. The molecule has 0 bridgehead atoms. The van der Waals surface area contributed by atoms with E-state index in [2.05, 4.69) is 15.2 Å². The second-order valence-electron chi connectivity index (χ2n) is 5.97. The third-order valence-electron chi connectivity index (χ3n) is 4.03. The van der Waals surface area contributed by atoms with Gasteiger partial charge in [0.15, 0.2) is 0 Å². The largest absolute Gasteiger partial charge is 0.487 e. The molecule has 24 heavy (non-hydrogen) atoms. The van der Waals surface area contributed by atoms with E-state index in [1.165, 1.54) is 19.2 Å². The van der Waals surface area contributed by atoms with Crippen LogP contribution in [-0.4, -0.2) is 30.1 Å². The van der Waals surface area contributed by atoms with Gasteiger partial charge in [-0.05, 0) is 30.7 Å². The molecule has 0 saturated carbocycles. The first kappa shape index (κ1) is 16.2. The number of nitrogens with one attached hydrogen (secondary N) is 1. The minimum atomic E-state index is -0.535. The Hall–Kier alpha value is -2.63. The number of carbonyl (C=O) groups excluding carboxylic acids is 1. The van der Waals surface area contributed by atoms with E-state index in [1.807, 2.05) is 31.2 Å². The summed E-state index contributed by atoms with van der Waals surface area (Å²) in [6.07, 6.45) is 1.44. The van der Waals surface area contributed by atoms with Crippen molar-refractivity contribution in [3.8, 4) is 5.75 Å². The van der Waals surface area contributed by atoms with E-state index < -0.39 is 5.95 Å². The third kappa shape index (κ3) is 3.82. The van der Waals surface area contributed by atoms with Crippen molar-refractivity contribution in [1.82, 2.24) is 10.3 Å². The van der Waals surface area contributed by atoms with E-state index >= 15 is 0 Å². The molecule has 2 aromatic rings. The van der Waals surface area contributed by atoms with Crippen LogP contribution in [0.5, 0.6) is 5.75 Å². The van der Waals surface area contributed by atoms with Gasteiger partial charge in [0.1, 0.15) is 11.9 Å². The summed E-state index contributed by atoms with van der Waals surface area (Å²) in [4.78, 5) is 16.8. The molecule has 126 valence electrons. The van der Waals surface area contributed by atoms with Crippen LogP contribution in [-0.2, 0) is 4.79 Å². The van der Waals surface area contributed by atoms with Gasteiger partial charge in [-0.3, -0.25) is 4.79 Å². The van der Waals surface area contributed by atoms with Crippen molar-refractivity contribution in [2.45, 2.75) is 26.0 Å². The molecule has 2 heterocycles. The molecule has 1 N–H and O–H groups in total. The van der Waals surface area contributed by atoms with Crippen LogP contribution in [0.2, 0.25) is 0 Å². The first-order chi connectivity index (χ1) is 11.5. The lowest BCUT2D eigenvalue weighted by atomic mass is 10.1. The highest BCUT2D eigenvalue weighted by Gasteiger charge is 2.28. The van der Waals surface area contributed by atoms with Crippen molar-refractivity contribution in [3.63, 3.8) is 0 Å². The van der Waals surface area contributed by atoms with Crippen LogP contribution in [0.15, 0.2) is 42.6 Å². The number of amides is 1. The second-order valence-corrected chi connectivity index (χ2v) is 5.97. The topological polar surface area (TPSA) is 54.5 Å². The van der Waals surface area contributed by atoms with Gasteiger partial charge in [0.25, 0.3) is 0 Å². The lowest BCUT2D eigenvalue weighted by molar-refractivity contribution is -0.119. The summed E-state index contributed by atoms with van der Waals surface area (Å²) in [5.41, 5.74) is 2.17. The summed E-state index contributed by atoms with van der Waals surface area (Å²) in [5, 5.41) is 2.87. The van der Waals surface area contributed by atoms with Gasteiger partial charge in [-0.15, -0.1) is 0 Å². The molecule has 1 atom stereocenters. The zero-order valence-electron chi connectivity index (χ0n) is 13.7. The predicted octanol–water partition coefficient (Wildman–Crippen LogP) is 2.69. The van der Waals surface area contributed by atoms with Gasteiger partial charge < -0.3 is 15.0 Å². The van der Waals surface area contributed by atoms with E-state index in [0.717, 1.165) is 24.3 Å². The highest BCUT2D eigenvalue weighted by atomic mass is 19.1. The number of aromatic nitrogens is 1. The number of hydrogen-bond donors (Lipinski definition) is 1. The second kappa shape index (κ2) is 6.86. The Morgan fingerprint density at radius 2 is 2.04 bits per heavy atom. The Labute approximate surface area is 140 Å². The van der Waals surface area contributed by atoms with Gasteiger partial charge in [0.2, 0.25) is 11.9 Å². The van der Waals surface area contributed by atoms with Gasteiger partial charge in [-0.2, -0.15) is 4.39 Å². The molecule has 1 amide bonds. The Bertz CT molecular complexity index is 714. The maximum Gasteiger partial charge on any atom is 0.217 e. The molecule has 3 rings (SSSR count). The zero-order valence-corrected chi connectivity index (χ0v) is 13.7. The van der Waals surface area contributed by atoms with Crippen LogP contribution < -0.4 is 15.0 Å². The lowest BCUT2D eigenvalue weighted by Gasteiger charge is -2.40. The summed E-state index contributed by atoms with van der Waals surface area (Å²) < 4.78 is 18.8. The van der Waals surface area contributed by atoms with Crippen LogP contribution in [0.4, 0.5) is 10.1 Å². The van der Waals surface area contributed by atoms with Gasteiger partial charge >= 0.3 is 0 Å². The fourth-order valence-corrected chi connectivity index (χ4v) is 2.74. The van der Waals surface area contributed by atoms with Crippen molar-refractivity contribution < 1.29 is 13.9 Å². The van der Waals surface area contributed by atoms with E-state index in [4.69, 9.17) is 4.74 Å². The number of carbonyl (C=O) groups is 1. The molecule has 0 aliphatic carbocycles. The maximum absolute atomic E-state index is 13.0. The van der Waals surface area contributed by atoms with E-state index in [1.54, 1.807) is 6.07 Å². The molecular formula is C18H20FN3O2. The molecule has 1 aromatic heterocycles. The van der Waals surface area contributed by atoms with Crippen LogP contribution >= 0.6 is 0 Å². The summed E-state index contributed by atoms with van der Waals surface area (Å²) in [6, 6.07) is 11.0. The van der Waals surface area contributed by atoms with E-state index in [-0.39, 0.29) is 18.1 Å². The SMILES string of the molecule is CC(=O)NC(C)c1ccc(N2CC(Oc3ccnc(F)c3)C2)cc1. The average Bonchev–Trinajstić information content (AvgIpc) is 2.50. The smallest absolute Gasteiger partial charge is 0.217 e. The minimum absolute atomic E-state index is 0.00870. The maximum atomic E-state index is 13.0.